The number of para-hydroxylation sites is 3. The molecule has 4 heteroatoms. The number of methoxy groups -OCH3 is 1. The van der Waals surface area contributed by atoms with Crippen molar-refractivity contribution in [3.05, 3.63) is 150 Å². The van der Waals surface area contributed by atoms with E-state index in [0.29, 0.717) is 0 Å². The van der Waals surface area contributed by atoms with Crippen molar-refractivity contribution in [1.82, 2.24) is 15.0 Å². The van der Waals surface area contributed by atoms with Gasteiger partial charge >= 0.3 is 0 Å². The van der Waals surface area contributed by atoms with Gasteiger partial charge in [0.15, 0.2) is 0 Å². The Labute approximate surface area is 338 Å². The summed E-state index contributed by atoms with van der Waals surface area (Å²) in [5, 5.41) is 2.45. The van der Waals surface area contributed by atoms with Gasteiger partial charge in [-0.2, -0.15) is 0 Å². The second-order valence-corrected chi connectivity index (χ2v) is 18.5. The third-order valence-corrected chi connectivity index (χ3v) is 11.2. The van der Waals surface area contributed by atoms with Crippen LogP contribution in [0, 0.1) is 0 Å². The van der Waals surface area contributed by atoms with E-state index in [9.17, 15) is 0 Å². The molecule has 0 atom stereocenters. The van der Waals surface area contributed by atoms with Crippen LogP contribution in [0.2, 0.25) is 0 Å². The first-order chi connectivity index (χ1) is 27.1. The van der Waals surface area contributed by atoms with Crippen LogP contribution in [0.3, 0.4) is 0 Å². The zero-order valence-corrected chi connectivity index (χ0v) is 35.0. The molecule has 8 aromatic rings. The van der Waals surface area contributed by atoms with E-state index in [1.165, 1.54) is 33.0 Å². The first kappa shape index (κ1) is 37.9. The quantitative estimate of drug-likeness (QED) is 0.184. The number of benzene rings is 5. The number of hydrogen-bond donors (Lipinski definition) is 1. The van der Waals surface area contributed by atoms with Crippen molar-refractivity contribution in [3.8, 4) is 61.8 Å². The fourth-order valence-electron chi connectivity index (χ4n) is 7.73. The van der Waals surface area contributed by atoms with Crippen LogP contribution in [0.4, 0.5) is 0 Å². The summed E-state index contributed by atoms with van der Waals surface area (Å²) in [5.41, 5.74) is 16.3. The maximum Gasteiger partial charge on any atom is 0.128 e. The van der Waals surface area contributed by atoms with Crippen LogP contribution in [-0.2, 0) is 16.2 Å². The zero-order chi connectivity index (χ0) is 40.3. The van der Waals surface area contributed by atoms with Gasteiger partial charge in [-0.05, 0) is 110 Å². The number of H-pyrrole nitrogens is 1. The molecule has 0 radical (unpaired) electrons. The maximum absolute atomic E-state index is 5.90. The van der Waals surface area contributed by atoms with E-state index in [-0.39, 0.29) is 16.2 Å². The molecule has 3 aromatic heterocycles. The van der Waals surface area contributed by atoms with Gasteiger partial charge < -0.3 is 9.72 Å². The van der Waals surface area contributed by atoms with E-state index in [1.54, 1.807) is 7.11 Å². The van der Waals surface area contributed by atoms with E-state index in [1.807, 2.05) is 18.3 Å². The fourth-order valence-corrected chi connectivity index (χ4v) is 7.73. The summed E-state index contributed by atoms with van der Waals surface area (Å²) in [5.74, 6) is 0.794. The smallest absolute Gasteiger partial charge is 0.128 e. The predicted molar refractivity (Wildman–Crippen MR) is 241 cm³/mol. The molecule has 4 nitrogen and oxygen atoms in total. The lowest BCUT2D eigenvalue weighted by Crippen LogP contribution is -2.16. The molecule has 0 amide bonds. The molecule has 0 spiro atoms. The Morgan fingerprint density at radius 1 is 0.456 bits per heavy atom. The average molecular weight is 748 g/mol. The number of rotatable bonds is 6. The molecule has 0 saturated carbocycles. The van der Waals surface area contributed by atoms with Crippen molar-refractivity contribution >= 4 is 21.8 Å². The van der Waals surface area contributed by atoms with Crippen LogP contribution < -0.4 is 4.74 Å². The van der Waals surface area contributed by atoms with Gasteiger partial charge in [-0.3, -0.25) is 4.98 Å². The van der Waals surface area contributed by atoms with E-state index >= 15 is 0 Å². The molecule has 286 valence electrons. The summed E-state index contributed by atoms with van der Waals surface area (Å²) in [7, 11) is 1.73. The predicted octanol–water partition coefficient (Wildman–Crippen LogP) is 14.3. The summed E-state index contributed by atoms with van der Waals surface area (Å²) in [6.07, 6.45) is 1.93. The van der Waals surface area contributed by atoms with Crippen LogP contribution in [0.25, 0.3) is 77.8 Å². The fraction of sp³-hybridized carbons (Fsp3) is 0.245. The Morgan fingerprint density at radius 2 is 1.00 bits per heavy atom. The van der Waals surface area contributed by atoms with Crippen molar-refractivity contribution in [2.24, 2.45) is 0 Å². The third-order valence-electron chi connectivity index (χ3n) is 11.2. The van der Waals surface area contributed by atoms with Gasteiger partial charge in [-0.25, -0.2) is 4.98 Å². The van der Waals surface area contributed by atoms with Crippen LogP contribution in [-0.4, -0.2) is 22.1 Å². The molecule has 0 unspecified atom stereocenters. The minimum Gasteiger partial charge on any atom is -0.496 e. The highest BCUT2D eigenvalue weighted by Crippen LogP contribution is 2.41. The van der Waals surface area contributed by atoms with Gasteiger partial charge in [0.05, 0.1) is 29.7 Å². The Morgan fingerprint density at radius 3 is 1.70 bits per heavy atom. The lowest BCUT2D eigenvalue weighted by molar-refractivity contribution is 0.416. The Hall–Kier alpha value is -6.00. The van der Waals surface area contributed by atoms with Gasteiger partial charge in [0.1, 0.15) is 5.75 Å². The lowest BCUT2D eigenvalue weighted by atomic mass is 9.79. The van der Waals surface area contributed by atoms with Crippen molar-refractivity contribution in [1.29, 1.82) is 0 Å². The number of ether oxygens (including phenoxy) is 1. The van der Waals surface area contributed by atoms with Gasteiger partial charge in [0.25, 0.3) is 0 Å². The molecule has 0 bridgehead atoms. The van der Waals surface area contributed by atoms with Crippen LogP contribution >= 0.6 is 0 Å². The number of pyridine rings is 2. The standard InChI is InChI=1S/C53H53N3O/c1-51(2,3)38-27-36(46-29-33(22-23-54-46)41-18-15-19-43-42-16-11-13-20-45(42)56-50(41)43)24-37(28-38)47-30-35(31-48(55-47)44-17-12-14-21-49(44)57-10)34-25-39(52(4,5)6)32-40(26-34)53(7,8)9/h11-32,56H,1-10H3. The normalized spacial score (nSPS) is 12.4. The highest BCUT2D eigenvalue weighted by atomic mass is 16.5. The van der Waals surface area contributed by atoms with E-state index in [0.717, 1.165) is 67.2 Å². The van der Waals surface area contributed by atoms with Gasteiger partial charge in [0, 0.05) is 44.7 Å². The topological polar surface area (TPSA) is 50.8 Å². The SMILES string of the molecule is COc1ccccc1-c1cc(-c2cc(C(C)(C)C)cc(C(C)(C)C)c2)cc(-c2cc(-c3cc(-c4cccc5c4[nH]c4ccccc45)ccn3)cc(C(C)(C)C)c2)n1. The lowest BCUT2D eigenvalue weighted by Gasteiger charge is -2.26. The molecule has 0 fully saturated rings. The van der Waals surface area contributed by atoms with E-state index < -0.39 is 0 Å². The minimum atomic E-state index is -0.121. The summed E-state index contributed by atoms with van der Waals surface area (Å²) in [6.45, 7) is 20.6. The Bertz CT molecular complexity index is 2750. The number of nitrogens with one attached hydrogen (secondary N) is 1. The van der Waals surface area contributed by atoms with Gasteiger partial charge in [0.2, 0.25) is 0 Å². The molecule has 0 saturated heterocycles. The van der Waals surface area contributed by atoms with E-state index in [4.69, 9.17) is 14.7 Å². The molecule has 3 heterocycles. The van der Waals surface area contributed by atoms with E-state index in [2.05, 4.69) is 183 Å². The molecular formula is C53H53N3O. The molecule has 0 aliphatic heterocycles. The van der Waals surface area contributed by atoms with Crippen LogP contribution in [0.5, 0.6) is 5.75 Å². The number of hydrogen-bond acceptors (Lipinski definition) is 3. The summed E-state index contributed by atoms with van der Waals surface area (Å²) < 4.78 is 5.90. The Kier molecular flexibility index (Phi) is 9.43. The van der Waals surface area contributed by atoms with Crippen LogP contribution in [0.1, 0.15) is 79.0 Å². The monoisotopic (exact) mass is 747 g/mol. The highest BCUT2D eigenvalue weighted by molar-refractivity contribution is 6.11. The first-order valence-corrected chi connectivity index (χ1v) is 20.0. The van der Waals surface area contributed by atoms with Gasteiger partial charge in [-0.1, -0.05) is 129 Å². The minimum absolute atomic E-state index is 0.0191. The summed E-state index contributed by atoms with van der Waals surface area (Å²) in [6, 6.07) is 46.0. The average Bonchev–Trinajstić information content (AvgIpc) is 3.58. The number of nitrogens with zero attached hydrogens (tertiary/aromatic N) is 2. The summed E-state index contributed by atoms with van der Waals surface area (Å²) in [4.78, 5) is 14.1. The molecule has 57 heavy (non-hydrogen) atoms. The summed E-state index contributed by atoms with van der Waals surface area (Å²) >= 11 is 0. The highest BCUT2D eigenvalue weighted by Gasteiger charge is 2.23. The Balaban J connectivity index is 1.34. The molecule has 0 aliphatic rings. The second-order valence-electron chi connectivity index (χ2n) is 18.5. The zero-order valence-electron chi connectivity index (χ0n) is 35.0. The van der Waals surface area contributed by atoms with Crippen LogP contribution in [0.15, 0.2) is 134 Å². The molecular weight excluding hydrogens is 695 g/mol. The van der Waals surface area contributed by atoms with Crippen molar-refractivity contribution < 1.29 is 4.74 Å². The van der Waals surface area contributed by atoms with Crippen molar-refractivity contribution in [3.63, 3.8) is 0 Å². The number of fused-ring (bicyclic) bond motifs is 3. The second kappa shape index (κ2) is 14.2. The number of aromatic amines is 1. The largest absolute Gasteiger partial charge is 0.496 e. The number of aromatic nitrogens is 3. The molecule has 1 N–H and O–H groups in total. The molecule has 0 aliphatic carbocycles. The maximum atomic E-state index is 5.90. The molecule has 8 rings (SSSR count). The van der Waals surface area contributed by atoms with Gasteiger partial charge in [-0.15, -0.1) is 0 Å². The third kappa shape index (κ3) is 7.49. The first-order valence-electron chi connectivity index (χ1n) is 20.0. The van der Waals surface area contributed by atoms with Crippen molar-refractivity contribution in [2.75, 3.05) is 7.11 Å². The molecule has 5 aromatic carbocycles. The van der Waals surface area contributed by atoms with Crippen molar-refractivity contribution in [2.45, 2.75) is 78.6 Å².